The first-order chi connectivity index (χ1) is 15.6. The van der Waals surface area contributed by atoms with Crippen molar-refractivity contribution >= 4 is 16.9 Å². The molecule has 7 nitrogen and oxygen atoms in total. The minimum absolute atomic E-state index is 0.0516. The number of ether oxygens (including phenoxy) is 1. The molecule has 2 heterocycles. The van der Waals surface area contributed by atoms with Crippen molar-refractivity contribution < 1.29 is 9.53 Å². The number of rotatable bonds is 9. The van der Waals surface area contributed by atoms with Crippen LogP contribution < -0.4 is 15.7 Å². The highest BCUT2D eigenvalue weighted by Gasteiger charge is 2.26. The zero-order chi connectivity index (χ0) is 22.5. The van der Waals surface area contributed by atoms with Crippen molar-refractivity contribution in [2.75, 3.05) is 26.7 Å². The van der Waals surface area contributed by atoms with Gasteiger partial charge in [0.05, 0.1) is 24.2 Å². The monoisotopic (exact) mass is 436 g/mol. The van der Waals surface area contributed by atoms with Gasteiger partial charge in [0.15, 0.2) is 0 Å². The maximum Gasteiger partial charge on any atom is 0.329 e. The molecule has 1 aromatic heterocycles. The van der Waals surface area contributed by atoms with Crippen LogP contribution in [-0.4, -0.2) is 46.7 Å². The normalized spacial score (nSPS) is 15.2. The number of hydrogen-bond acceptors (Lipinski definition) is 4. The van der Waals surface area contributed by atoms with Crippen LogP contribution in [0.3, 0.4) is 0 Å². The van der Waals surface area contributed by atoms with E-state index in [-0.39, 0.29) is 24.1 Å². The molecular formula is C25H32N4O3. The molecule has 1 aliphatic heterocycles. The van der Waals surface area contributed by atoms with Crippen molar-refractivity contribution in [1.29, 1.82) is 0 Å². The van der Waals surface area contributed by atoms with Crippen LogP contribution in [0, 0.1) is 0 Å². The van der Waals surface area contributed by atoms with Crippen LogP contribution in [0.1, 0.15) is 37.8 Å². The number of nitrogens with zero attached hydrogens (tertiary/aromatic N) is 3. The number of aromatic nitrogens is 2. The predicted molar refractivity (Wildman–Crippen MR) is 126 cm³/mol. The van der Waals surface area contributed by atoms with E-state index in [1.807, 2.05) is 49.4 Å². The topological polar surface area (TPSA) is 68.5 Å². The quantitative estimate of drug-likeness (QED) is 0.559. The number of benzene rings is 2. The summed E-state index contributed by atoms with van der Waals surface area (Å²) in [6, 6.07) is 15.8. The van der Waals surface area contributed by atoms with E-state index < -0.39 is 0 Å². The van der Waals surface area contributed by atoms with Crippen LogP contribution in [0.4, 0.5) is 0 Å². The summed E-state index contributed by atoms with van der Waals surface area (Å²) in [5.74, 6) is 0.793. The lowest BCUT2D eigenvalue weighted by atomic mass is 10.0. The van der Waals surface area contributed by atoms with E-state index in [0.29, 0.717) is 19.6 Å². The lowest BCUT2D eigenvalue weighted by molar-refractivity contribution is -0.121. The Labute approximate surface area is 188 Å². The first-order valence-corrected chi connectivity index (χ1v) is 11.5. The van der Waals surface area contributed by atoms with Crippen LogP contribution in [0.2, 0.25) is 0 Å². The number of nitrogens with one attached hydrogen (secondary N) is 1. The minimum Gasteiger partial charge on any atom is -0.496 e. The number of imidazole rings is 1. The van der Waals surface area contributed by atoms with Crippen LogP contribution in [0.25, 0.3) is 11.0 Å². The molecule has 170 valence electrons. The summed E-state index contributed by atoms with van der Waals surface area (Å²) in [5, 5.41) is 3.11. The second-order valence-corrected chi connectivity index (χ2v) is 8.22. The number of fused-ring (bicyclic) bond motifs is 1. The fourth-order valence-corrected chi connectivity index (χ4v) is 4.74. The number of amides is 1. The third-order valence-corrected chi connectivity index (χ3v) is 6.38. The minimum atomic E-state index is -0.0644. The van der Waals surface area contributed by atoms with Gasteiger partial charge in [0, 0.05) is 31.6 Å². The molecule has 1 N–H and O–H groups in total. The Bertz CT molecular complexity index is 1130. The zero-order valence-corrected chi connectivity index (χ0v) is 18.9. The molecule has 32 heavy (non-hydrogen) atoms. The lowest BCUT2D eigenvalue weighted by Gasteiger charge is -2.29. The highest BCUT2D eigenvalue weighted by atomic mass is 16.5. The largest absolute Gasteiger partial charge is 0.496 e. The Morgan fingerprint density at radius 1 is 1.03 bits per heavy atom. The van der Waals surface area contributed by atoms with Crippen molar-refractivity contribution in [3.8, 4) is 5.75 Å². The zero-order valence-electron chi connectivity index (χ0n) is 18.9. The van der Waals surface area contributed by atoms with E-state index in [1.165, 1.54) is 12.8 Å². The van der Waals surface area contributed by atoms with E-state index >= 15 is 0 Å². The Morgan fingerprint density at radius 3 is 2.38 bits per heavy atom. The van der Waals surface area contributed by atoms with Crippen LogP contribution in [0.5, 0.6) is 5.75 Å². The molecule has 1 fully saturated rings. The molecule has 0 saturated carbocycles. The third-order valence-electron chi connectivity index (χ3n) is 6.38. The molecule has 1 atom stereocenters. The summed E-state index contributed by atoms with van der Waals surface area (Å²) in [7, 11) is 1.68. The highest BCUT2D eigenvalue weighted by Crippen LogP contribution is 2.31. The Kier molecular flexibility index (Phi) is 6.95. The molecule has 7 heteroatoms. The molecule has 4 rings (SSSR count). The molecule has 1 saturated heterocycles. The third kappa shape index (κ3) is 4.43. The Morgan fingerprint density at radius 2 is 1.69 bits per heavy atom. The van der Waals surface area contributed by atoms with E-state index in [9.17, 15) is 9.59 Å². The molecule has 0 aliphatic carbocycles. The summed E-state index contributed by atoms with van der Waals surface area (Å²) in [5.41, 5.74) is 2.81. The van der Waals surface area contributed by atoms with Gasteiger partial charge in [-0.1, -0.05) is 30.3 Å². The van der Waals surface area contributed by atoms with Gasteiger partial charge in [0.2, 0.25) is 5.91 Å². The molecular weight excluding hydrogens is 404 g/mol. The van der Waals surface area contributed by atoms with Crippen molar-refractivity contribution in [3.63, 3.8) is 0 Å². The van der Waals surface area contributed by atoms with Gasteiger partial charge in [-0.25, -0.2) is 4.79 Å². The van der Waals surface area contributed by atoms with Gasteiger partial charge in [-0.05, 0) is 51.1 Å². The number of para-hydroxylation sites is 3. The summed E-state index contributed by atoms with van der Waals surface area (Å²) in [6.45, 7) is 5.48. The van der Waals surface area contributed by atoms with Gasteiger partial charge in [-0.3, -0.25) is 18.8 Å². The summed E-state index contributed by atoms with van der Waals surface area (Å²) in [6.07, 6.45) is 2.60. The number of aryl methyl sites for hydroxylation is 2. The van der Waals surface area contributed by atoms with Crippen molar-refractivity contribution in [3.05, 3.63) is 64.6 Å². The molecule has 2 aromatic carbocycles. The van der Waals surface area contributed by atoms with E-state index in [0.717, 1.165) is 35.4 Å². The molecule has 1 aliphatic rings. The highest BCUT2D eigenvalue weighted by molar-refractivity contribution is 5.78. The smallest absolute Gasteiger partial charge is 0.329 e. The Hall–Kier alpha value is -3.06. The van der Waals surface area contributed by atoms with E-state index in [2.05, 4.69) is 16.3 Å². The first-order valence-electron chi connectivity index (χ1n) is 11.5. The average molecular weight is 437 g/mol. The van der Waals surface area contributed by atoms with Crippen molar-refractivity contribution in [2.24, 2.45) is 0 Å². The van der Waals surface area contributed by atoms with Gasteiger partial charge in [-0.15, -0.1) is 0 Å². The standard InChI is InChI=1S/C25H32N4O3/c1-3-28-20-11-5-6-12-21(20)29(25(28)31)17-14-24(30)26-18-22(27-15-8-9-16-27)19-10-4-7-13-23(19)32-2/h4-7,10-13,22H,3,8-9,14-18H2,1-2H3,(H,26,30). The summed E-state index contributed by atoms with van der Waals surface area (Å²) < 4.78 is 9.04. The number of likely N-dealkylation sites (tertiary alicyclic amines) is 1. The van der Waals surface area contributed by atoms with E-state index in [4.69, 9.17) is 4.74 Å². The molecule has 0 spiro atoms. The first kappa shape index (κ1) is 22.1. The van der Waals surface area contributed by atoms with Gasteiger partial charge < -0.3 is 10.1 Å². The molecule has 3 aromatic rings. The molecule has 0 radical (unpaired) electrons. The summed E-state index contributed by atoms with van der Waals surface area (Å²) >= 11 is 0. The Balaban J connectivity index is 1.45. The molecule has 1 amide bonds. The second kappa shape index (κ2) is 10.0. The van der Waals surface area contributed by atoms with Gasteiger partial charge >= 0.3 is 5.69 Å². The number of carbonyl (C=O) groups excluding carboxylic acids is 1. The van der Waals surface area contributed by atoms with Gasteiger partial charge in [0.1, 0.15) is 5.75 Å². The van der Waals surface area contributed by atoms with Crippen molar-refractivity contribution in [1.82, 2.24) is 19.4 Å². The SMILES string of the molecule is CCn1c(=O)n(CCC(=O)NCC(c2ccccc2OC)N2CCCC2)c2ccccc21. The number of methoxy groups -OCH3 is 1. The van der Waals surface area contributed by atoms with Gasteiger partial charge in [-0.2, -0.15) is 0 Å². The average Bonchev–Trinajstić information content (AvgIpc) is 3.44. The van der Waals surface area contributed by atoms with Crippen LogP contribution >= 0.6 is 0 Å². The summed E-state index contributed by atoms with van der Waals surface area (Å²) in [4.78, 5) is 28.0. The van der Waals surface area contributed by atoms with Gasteiger partial charge in [0.25, 0.3) is 0 Å². The second-order valence-electron chi connectivity index (χ2n) is 8.22. The number of carbonyl (C=O) groups is 1. The molecule has 0 bridgehead atoms. The molecule has 1 unspecified atom stereocenters. The fraction of sp³-hybridized carbons (Fsp3) is 0.440. The van der Waals surface area contributed by atoms with E-state index in [1.54, 1.807) is 16.2 Å². The van der Waals surface area contributed by atoms with Crippen LogP contribution in [0.15, 0.2) is 53.3 Å². The van der Waals surface area contributed by atoms with Crippen LogP contribution in [-0.2, 0) is 17.9 Å². The lowest BCUT2D eigenvalue weighted by Crippen LogP contribution is -2.37. The predicted octanol–water partition coefficient (Wildman–Crippen LogP) is 3.17. The maximum absolute atomic E-state index is 12.8. The maximum atomic E-state index is 12.8. The fourth-order valence-electron chi connectivity index (χ4n) is 4.74. The van der Waals surface area contributed by atoms with Crippen molar-refractivity contribution in [2.45, 2.75) is 45.3 Å². The number of hydrogen-bond donors (Lipinski definition) is 1.